The van der Waals surface area contributed by atoms with E-state index in [0.29, 0.717) is 12.7 Å². The lowest BCUT2D eigenvalue weighted by atomic mass is 10.0. The van der Waals surface area contributed by atoms with Crippen LogP contribution < -0.4 is 10.1 Å². The van der Waals surface area contributed by atoms with Gasteiger partial charge in [-0.3, -0.25) is 0 Å². The zero-order chi connectivity index (χ0) is 11.5. The Labute approximate surface area is 102 Å². The number of hydrogen-bond acceptors (Lipinski definition) is 3. The lowest BCUT2D eigenvalue weighted by molar-refractivity contribution is 0.0679. The molecule has 1 saturated heterocycles. The van der Waals surface area contributed by atoms with E-state index in [1.54, 1.807) is 0 Å². The van der Waals surface area contributed by atoms with Gasteiger partial charge in [-0.1, -0.05) is 6.07 Å². The van der Waals surface area contributed by atoms with Gasteiger partial charge in [0, 0.05) is 13.2 Å². The van der Waals surface area contributed by atoms with E-state index in [9.17, 15) is 0 Å². The smallest absolute Gasteiger partial charge is 0.119 e. The normalized spacial score (nSPS) is 23.4. The molecule has 1 atom stereocenters. The molecule has 0 radical (unpaired) electrons. The highest BCUT2D eigenvalue weighted by molar-refractivity contribution is 5.37. The van der Waals surface area contributed by atoms with Crippen molar-refractivity contribution in [3.8, 4) is 5.75 Å². The first kappa shape index (κ1) is 11.1. The van der Waals surface area contributed by atoms with E-state index in [-0.39, 0.29) is 0 Å². The number of nitrogens with one attached hydrogen (secondary N) is 1. The van der Waals surface area contributed by atoms with Crippen molar-refractivity contribution < 1.29 is 9.47 Å². The molecule has 1 unspecified atom stereocenters. The topological polar surface area (TPSA) is 30.5 Å². The molecule has 3 nitrogen and oxygen atoms in total. The van der Waals surface area contributed by atoms with Crippen LogP contribution in [0.3, 0.4) is 0 Å². The van der Waals surface area contributed by atoms with Crippen molar-refractivity contribution in [3.63, 3.8) is 0 Å². The monoisotopic (exact) mass is 233 g/mol. The molecule has 3 rings (SSSR count). The standard InChI is InChI=1S/C14H19NO2/c1-2-14(16-7-1)10-17-13-4-3-12-9-15-6-5-11(12)8-13/h3-4,8,14-15H,1-2,5-7,9-10H2. The molecule has 0 spiro atoms. The quantitative estimate of drug-likeness (QED) is 0.865. The summed E-state index contributed by atoms with van der Waals surface area (Å²) in [4.78, 5) is 0. The highest BCUT2D eigenvalue weighted by atomic mass is 16.5. The molecule has 0 bridgehead atoms. The van der Waals surface area contributed by atoms with Crippen LogP contribution in [0.25, 0.3) is 0 Å². The largest absolute Gasteiger partial charge is 0.491 e. The minimum Gasteiger partial charge on any atom is -0.491 e. The van der Waals surface area contributed by atoms with Gasteiger partial charge >= 0.3 is 0 Å². The van der Waals surface area contributed by atoms with E-state index in [1.807, 2.05) is 0 Å². The summed E-state index contributed by atoms with van der Waals surface area (Å²) in [6, 6.07) is 6.43. The second-order valence-electron chi connectivity index (χ2n) is 4.80. The first-order valence-corrected chi connectivity index (χ1v) is 6.49. The van der Waals surface area contributed by atoms with Gasteiger partial charge < -0.3 is 14.8 Å². The minimum atomic E-state index is 0.299. The van der Waals surface area contributed by atoms with Crippen molar-refractivity contribution in [1.82, 2.24) is 5.32 Å². The lowest BCUT2D eigenvalue weighted by Crippen LogP contribution is -2.23. The molecule has 2 heterocycles. The molecular weight excluding hydrogens is 214 g/mol. The van der Waals surface area contributed by atoms with Crippen molar-refractivity contribution in [1.29, 1.82) is 0 Å². The van der Waals surface area contributed by atoms with E-state index >= 15 is 0 Å². The zero-order valence-electron chi connectivity index (χ0n) is 10.1. The third kappa shape index (κ3) is 2.61. The molecule has 1 N–H and O–H groups in total. The highest BCUT2D eigenvalue weighted by Crippen LogP contribution is 2.21. The Kier molecular flexibility index (Phi) is 3.29. The summed E-state index contributed by atoms with van der Waals surface area (Å²) >= 11 is 0. The molecule has 0 saturated carbocycles. The number of hydrogen-bond donors (Lipinski definition) is 1. The summed E-state index contributed by atoms with van der Waals surface area (Å²) in [5.74, 6) is 0.987. The van der Waals surface area contributed by atoms with Crippen LogP contribution in [0.2, 0.25) is 0 Å². The van der Waals surface area contributed by atoms with Gasteiger partial charge in [0.2, 0.25) is 0 Å². The van der Waals surface area contributed by atoms with Crippen molar-refractivity contribution in [2.24, 2.45) is 0 Å². The van der Waals surface area contributed by atoms with Crippen molar-refractivity contribution in [2.75, 3.05) is 19.8 Å². The molecule has 0 aliphatic carbocycles. The molecule has 0 aromatic heterocycles. The van der Waals surface area contributed by atoms with Crippen LogP contribution in [0.4, 0.5) is 0 Å². The van der Waals surface area contributed by atoms with E-state index in [2.05, 4.69) is 23.5 Å². The van der Waals surface area contributed by atoms with Crippen molar-refractivity contribution in [2.45, 2.75) is 31.9 Å². The van der Waals surface area contributed by atoms with Gasteiger partial charge in [0.15, 0.2) is 0 Å². The third-order valence-electron chi connectivity index (χ3n) is 3.52. The molecule has 3 heteroatoms. The minimum absolute atomic E-state index is 0.299. The molecule has 1 aromatic carbocycles. The Hall–Kier alpha value is -1.06. The second kappa shape index (κ2) is 5.07. The van der Waals surface area contributed by atoms with Crippen LogP contribution >= 0.6 is 0 Å². The molecule has 92 valence electrons. The zero-order valence-corrected chi connectivity index (χ0v) is 10.1. The maximum Gasteiger partial charge on any atom is 0.119 e. The summed E-state index contributed by atoms with van der Waals surface area (Å²) < 4.78 is 11.4. The SMILES string of the molecule is c1cc2c(cc1OCC1CCCO1)CCNC2. The lowest BCUT2D eigenvalue weighted by Gasteiger charge is -2.18. The molecule has 17 heavy (non-hydrogen) atoms. The van der Waals surface area contributed by atoms with Gasteiger partial charge in [-0.05, 0) is 49.1 Å². The number of rotatable bonds is 3. The Bertz CT molecular complexity index is 386. The molecule has 2 aliphatic rings. The summed E-state index contributed by atoms with van der Waals surface area (Å²) in [5, 5.41) is 3.38. The summed E-state index contributed by atoms with van der Waals surface area (Å²) in [5.41, 5.74) is 2.83. The Balaban J connectivity index is 1.62. The van der Waals surface area contributed by atoms with Crippen LogP contribution in [0.5, 0.6) is 5.75 Å². The first-order chi connectivity index (χ1) is 8.42. The highest BCUT2D eigenvalue weighted by Gasteiger charge is 2.16. The second-order valence-corrected chi connectivity index (χ2v) is 4.80. The van der Waals surface area contributed by atoms with Gasteiger partial charge in [0.1, 0.15) is 12.4 Å². The van der Waals surface area contributed by atoms with Crippen LogP contribution in [-0.4, -0.2) is 25.9 Å². The van der Waals surface area contributed by atoms with Gasteiger partial charge in [0.05, 0.1) is 6.10 Å². The van der Waals surface area contributed by atoms with Crippen molar-refractivity contribution in [3.05, 3.63) is 29.3 Å². The van der Waals surface area contributed by atoms with Gasteiger partial charge in [-0.25, -0.2) is 0 Å². The molecule has 2 aliphatic heterocycles. The van der Waals surface area contributed by atoms with Crippen LogP contribution in [0, 0.1) is 0 Å². The van der Waals surface area contributed by atoms with Crippen molar-refractivity contribution >= 4 is 0 Å². The molecule has 1 aromatic rings. The fraction of sp³-hybridized carbons (Fsp3) is 0.571. The Morgan fingerprint density at radius 3 is 3.24 bits per heavy atom. The summed E-state index contributed by atoms with van der Waals surface area (Å²) in [6.07, 6.45) is 3.71. The van der Waals surface area contributed by atoms with E-state index < -0.39 is 0 Å². The van der Waals surface area contributed by atoms with Gasteiger partial charge in [-0.2, -0.15) is 0 Å². The van der Waals surface area contributed by atoms with Crippen LogP contribution in [-0.2, 0) is 17.7 Å². The first-order valence-electron chi connectivity index (χ1n) is 6.49. The fourth-order valence-corrected chi connectivity index (χ4v) is 2.51. The third-order valence-corrected chi connectivity index (χ3v) is 3.52. The maximum absolute atomic E-state index is 5.81. The van der Waals surface area contributed by atoms with Gasteiger partial charge in [0.25, 0.3) is 0 Å². The average Bonchev–Trinajstić information content (AvgIpc) is 2.89. The number of ether oxygens (including phenoxy) is 2. The maximum atomic E-state index is 5.81. The Morgan fingerprint density at radius 1 is 1.35 bits per heavy atom. The van der Waals surface area contributed by atoms with E-state index in [0.717, 1.165) is 38.3 Å². The predicted molar refractivity (Wildman–Crippen MR) is 66.3 cm³/mol. The average molecular weight is 233 g/mol. The molecular formula is C14H19NO2. The number of benzene rings is 1. The van der Waals surface area contributed by atoms with E-state index in [1.165, 1.54) is 17.5 Å². The summed E-state index contributed by atoms with van der Waals surface area (Å²) in [6.45, 7) is 3.64. The van der Waals surface area contributed by atoms with Crippen LogP contribution in [0.15, 0.2) is 18.2 Å². The fourth-order valence-electron chi connectivity index (χ4n) is 2.51. The van der Waals surface area contributed by atoms with Crippen LogP contribution in [0.1, 0.15) is 24.0 Å². The molecule has 0 amide bonds. The van der Waals surface area contributed by atoms with Gasteiger partial charge in [-0.15, -0.1) is 0 Å². The summed E-state index contributed by atoms with van der Waals surface area (Å²) in [7, 11) is 0. The predicted octanol–water partition coefficient (Wildman–Crippen LogP) is 1.89. The molecule has 1 fully saturated rings. The number of fused-ring (bicyclic) bond motifs is 1. The van der Waals surface area contributed by atoms with E-state index in [4.69, 9.17) is 9.47 Å². The Morgan fingerprint density at radius 2 is 2.35 bits per heavy atom.